The maximum Gasteiger partial charge on any atom is 0.159 e. The smallest absolute Gasteiger partial charge is 0.159 e. The Morgan fingerprint density at radius 2 is 1.41 bits per heavy atom. The number of aromatic nitrogens is 2. The third kappa shape index (κ3) is 9.74. The first-order chi connectivity index (χ1) is 14.3. The third-order valence-electron chi connectivity index (χ3n) is 5.08. The van der Waals surface area contributed by atoms with Crippen LogP contribution in [0.2, 0.25) is 0 Å². The maximum atomic E-state index is 5.82. The topological polar surface area (TPSA) is 35.0 Å². The Morgan fingerprint density at radius 1 is 0.759 bits per heavy atom. The quantitative estimate of drug-likeness (QED) is 0.231. The van der Waals surface area contributed by atoms with E-state index in [0.29, 0.717) is 6.61 Å². The number of rotatable bonds is 15. The number of hydrogen-bond donors (Lipinski definition) is 0. The normalized spacial score (nSPS) is 11.2. The second-order valence-corrected chi connectivity index (χ2v) is 7.71. The summed E-state index contributed by atoms with van der Waals surface area (Å²) in [4.78, 5) is 9.10. The molecule has 0 N–H and O–H groups in total. The molecule has 1 aromatic heterocycles. The van der Waals surface area contributed by atoms with Gasteiger partial charge >= 0.3 is 0 Å². The molecule has 0 radical (unpaired) electrons. The molecule has 0 aliphatic carbocycles. The lowest BCUT2D eigenvalue weighted by atomic mass is 10.1. The van der Waals surface area contributed by atoms with E-state index in [1.807, 2.05) is 36.7 Å². The molecule has 0 saturated carbocycles. The van der Waals surface area contributed by atoms with Crippen LogP contribution in [-0.2, 0) is 6.42 Å². The number of unbranched alkanes of at least 4 members (excludes halogenated alkanes) is 7. The molecule has 3 heteroatoms. The zero-order chi connectivity index (χ0) is 20.6. The van der Waals surface area contributed by atoms with Crippen molar-refractivity contribution in [2.24, 2.45) is 0 Å². The summed E-state index contributed by atoms with van der Waals surface area (Å²) in [6.45, 7) is 5.20. The van der Waals surface area contributed by atoms with Crippen molar-refractivity contribution in [3.63, 3.8) is 0 Å². The predicted octanol–water partition coefficient (Wildman–Crippen LogP) is 7.56. The molecule has 2 rings (SSSR count). The van der Waals surface area contributed by atoms with Crippen LogP contribution in [0.3, 0.4) is 0 Å². The highest BCUT2D eigenvalue weighted by Crippen LogP contribution is 2.20. The van der Waals surface area contributed by atoms with Crippen molar-refractivity contribution in [2.75, 3.05) is 6.61 Å². The summed E-state index contributed by atoms with van der Waals surface area (Å²) in [5, 5.41) is 0. The van der Waals surface area contributed by atoms with E-state index < -0.39 is 0 Å². The van der Waals surface area contributed by atoms with Crippen LogP contribution in [0.25, 0.3) is 11.4 Å². The summed E-state index contributed by atoms with van der Waals surface area (Å²) in [7, 11) is 0. The van der Waals surface area contributed by atoms with E-state index in [1.165, 1.54) is 63.4 Å². The van der Waals surface area contributed by atoms with Crippen LogP contribution in [0.15, 0.2) is 48.8 Å². The largest absolute Gasteiger partial charge is 0.493 e. The van der Waals surface area contributed by atoms with Gasteiger partial charge in [-0.2, -0.15) is 0 Å². The van der Waals surface area contributed by atoms with Gasteiger partial charge < -0.3 is 4.74 Å². The highest BCUT2D eigenvalue weighted by atomic mass is 16.5. The Morgan fingerprint density at radius 3 is 2.14 bits per heavy atom. The number of hydrogen-bond acceptors (Lipinski definition) is 3. The third-order valence-corrected chi connectivity index (χ3v) is 5.08. The van der Waals surface area contributed by atoms with Gasteiger partial charge in [0.05, 0.1) is 6.61 Å². The lowest BCUT2D eigenvalue weighted by Crippen LogP contribution is -1.96. The van der Waals surface area contributed by atoms with Gasteiger partial charge in [-0.3, -0.25) is 0 Å². The molecule has 158 valence electrons. The summed E-state index contributed by atoms with van der Waals surface area (Å²) >= 11 is 0. The molecular weight excluding hydrogens is 356 g/mol. The van der Waals surface area contributed by atoms with Crippen molar-refractivity contribution in [2.45, 2.75) is 84.5 Å². The summed E-state index contributed by atoms with van der Waals surface area (Å²) in [5.41, 5.74) is 2.26. The first-order valence-electron chi connectivity index (χ1n) is 11.5. The second kappa shape index (κ2) is 14.8. The minimum absolute atomic E-state index is 0.715. The lowest BCUT2D eigenvalue weighted by Gasteiger charge is -2.06. The van der Waals surface area contributed by atoms with Gasteiger partial charge in [-0.05, 0) is 61.9 Å². The molecule has 1 aromatic carbocycles. The van der Waals surface area contributed by atoms with Crippen LogP contribution in [0.5, 0.6) is 5.75 Å². The molecule has 1 heterocycles. The molecule has 2 aromatic rings. The predicted molar refractivity (Wildman–Crippen MR) is 123 cm³/mol. The average Bonchev–Trinajstić information content (AvgIpc) is 2.76. The van der Waals surface area contributed by atoms with Crippen LogP contribution in [0.4, 0.5) is 0 Å². The molecule has 0 atom stereocenters. The Hall–Kier alpha value is -2.16. The summed E-state index contributed by atoms with van der Waals surface area (Å²) < 4.78 is 5.82. The zero-order valence-electron chi connectivity index (χ0n) is 18.4. The molecule has 0 aliphatic heterocycles. The Balaban J connectivity index is 1.71. The van der Waals surface area contributed by atoms with Crippen molar-refractivity contribution >= 4 is 0 Å². The SMILES string of the molecule is CCCCCC=CCCOc1ccc(-c2ncc(CCCCCCC)cn2)cc1. The first-order valence-corrected chi connectivity index (χ1v) is 11.5. The molecule has 0 unspecified atom stereocenters. The van der Waals surface area contributed by atoms with Gasteiger partial charge in [-0.15, -0.1) is 0 Å². The summed E-state index contributed by atoms with van der Waals surface area (Å²) in [5.74, 6) is 1.68. The highest BCUT2D eigenvalue weighted by Gasteiger charge is 2.03. The van der Waals surface area contributed by atoms with E-state index in [-0.39, 0.29) is 0 Å². The van der Waals surface area contributed by atoms with E-state index in [1.54, 1.807) is 0 Å². The fraction of sp³-hybridized carbons (Fsp3) is 0.538. The zero-order valence-corrected chi connectivity index (χ0v) is 18.4. The van der Waals surface area contributed by atoms with E-state index >= 15 is 0 Å². The van der Waals surface area contributed by atoms with Gasteiger partial charge in [-0.1, -0.05) is 64.5 Å². The molecule has 29 heavy (non-hydrogen) atoms. The first kappa shape index (κ1) is 23.1. The molecule has 0 spiro atoms. The van der Waals surface area contributed by atoms with Gasteiger partial charge in [0, 0.05) is 18.0 Å². The molecule has 0 saturated heterocycles. The lowest BCUT2D eigenvalue weighted by molar-refractivity contribution is 0.325. The highest BCUT2D eigenvalue weighted by molar-refractivity contribution is 5.55. The van der Waals surface area contributed by atoms with Crippen molar-refractivity contribution in [3.05, 3.63) is 54.4 Å². The van der Waals surface area contributed by atoms with Crippen molar-refractivity contribution in [1.29, 1.82) is 0 Å². The minimum atomic E-state index is 0.715. The molecule has 3 nitrogen and oxygen atoms in total. The van der Waals surface area contributed by atoms with Gasteiger partial charge in [0.1, 0.15) is 5.75 Å². The van der Waals surface area contributed by atoms with Crippen molar-refractivity contribution < 1.29 is 4.74 Å². The Kier molecular flexibility index (Phi) is 11.8. The number of ether oxygens (including phenoxy) is 1. The van der Waals surface area contributed by atoms with E-state index in [9.17, 15) is 0 Å². The van der Waals surface area contributed by atoms with Gasteiger partial charge in [-0.25, -0.2) is 9.97 Å². The molecular formula is C26H38N2O. The van der Waals surface area contributed by atoms with Gasteiger partial charge in [0.15, 0.2) is 5.82 Å². The van der Waals surface area contributed by atoms with Crippen molar-refractivity contribution in [1.82, 2.24) is 9.97 Å². The van der Waals surface area contributed by atoms with Crippen LogP contribution in [0, 0.1) is 0 Å². The fourth-order valence-corrected chi connectivity index (χ4v) is 3.26. The van der Waals surface area contributed by atoms with E-state index in [0.717, 1.165) is 30.0 Å². The van der Waals surface area contributed by atoms with Crippen LogP contribution < -0.4 is 4.74 Å². The maximum absolute atomic E-state index is 5.82. The van der Waals surface area contributed by atoms with Crippen LogP contribution >= 0.6 is 0 Å². The Labute approximate surface area is 177 Å². The minimum Gasteiger partial charge on any atom is -0.493 e. The monoisotopic (exact) mass is 394 g/mol. The van der Waals surface area contributed by atoms with Crippen molar-refractivity contribution in [3.8, 4) is 17.1 Å². The van der Waals surface area contributed by atoms with E-state index in [2.05, 4.69) is 36.0 Å². The van der Waals surface area contributed by atoms with Gasteiger partial charge in [0.25, 0.3) is 0 Å². The number of nitrogens with zero attached hydrogens (tertiary/aromatic N) is 2. The average molecular weight is 395 g/mol. The molecule has 0 fully saturated rings. The Bertz CT molecular complexity index is 677. The number of allylic oxidation sites excluding steroid dienone is 1. The summed E-state index contributed by atoms with van der Waals surface area (Å²) in [6, 6.07) is 8.09. The standard InChI is InChI=1S/C26H38N2O/c1-3-5-7-9-10-12-14-20-29-25-18-16-24(17-19-25)26-27-21-23(22-28-26)15-13-11-8-6-4-2/h10,12,16-19,21-22H,3-9,11,13-15,20H2,1-2H3. The molecule has 0 amide bonds. The van der Waals surface area contributed by atoms with Gasteiger partial charge in [0.2, 0.25) is 0 Å². The second-order valence-electron chi connectivity index (χ2n) is 7.71. The van der Waals surface area contributed by atoms with E-state index in [4.69, 9.17) is 4.74 Å². The molecule has 0 aliphatic rings. The number of benzene rings is 1. The number of aryl methyl sites for hydroxylation is 1. The van der Waals surface area contributed by atoms with Crippen LogP contribution in [0.1, 0.15) is 83.6 Å². The fourth-order valence-electron chi connectivity index (χ4n) is 3.26. The molecule has 0 bridgehead atoms. The summed E-state index contributed by atoms with van der Waals surface area (Å²) in [6.07, 6.45) is 22.0. The van der Waals surface area contributed by atoms with Crippen LogP contribution in [-0.4, -0.2) is 16.6 Å².